The molecule has 0 spiro atoms. The summed E-state index contributed by atoms with van der Waals surface area (Å²) in [5.41, 5.74) is 2.19. The van der Waals surface area contributed by atoms with Crippen LogP contribution in [0.25, 0.3) is 0 Å². The second-order valence-electron chi connectivity index (χ2n) is 4.11. The molecule has 1 aliphatic rings. The zero-order valence-electron chi connectivity index (χ0n) is 9.94. The third kappa shape index (κ3) is 2.71. The van der Waals surface area contributed by atoms with E-state index in [2.05, 4.69) is 28.2 Å². The topological polar surface area (TPSA) is 37.4 Å². The van der Waals surface area contributed by atoms with Crippen molar-refractivity contribution in [2.45, 2.75) is 20.0 Å². The van der Waals surface area contributed by atoms with Crippen LogP contribution in [0.1, 0.15) is 14.0 Å². The van der Waals surface area contributed by atoms with Crippen molar-refractivity contribution in [3.63, 3.8) is 0 Å². The van der Waals surface area contributed by atoms with Gasteiger partial charge in [0.05, 0.1) is 18.0 Å². The summed E-state index contributed by atoms with van der Waals surface area (Å²) < 4.78 is 5.69. The molecular weight excluding hydrogens is 202 g/mol. The van der Waals surface area contributed by atoms with Gasteiger partial charge in [-0.1, -0.05) is 6.92 Å². The molecule has 0 bridgehead atoms. The van der Waals surface area contributed by atoms with E-state index in [0.717, 1.165) is 31.0 Å². The van der Waals surface area contributed by atoms with E-state index in [1.807, 2.05) is 19.2 Å². The Hall–Kier alpha value is -1.13. The second-order valence-corrected chi connectivity index (χ2v) is 4.11. The van der Waals surface area contributed by atoms with Crippen LogP contribution in [0, 0.1) is 6.92 Å². The molecular formula is C12H21N3O. The first-order chi connectivity index (χ1) is 7.79. The zero-order chi connectivity index (χ0) is 11.4. The van der Waals surface area contributed by atoms with Crippen LogP contribution in [-0.4, -0.2) is 37.5 Å². The highest BCUT2D eigenvalue weighted by Crippen LogP contribution is 2.18. The molecule has 0 radical (unpaired) electrons. The van der Waals surface area contributed by atoms with Gasteiger partial charge in [0.1, 0.15) is 6.73 Å². The summed E-state index contributed by atoms with van der Waals surface area (Å²) in [6.45, 7) is 7.63. The molecule has 2 rings (SSSR count). The van der Waals surface area contributed by atoms with Gasteiger partial charge in [-0.15, -0.1) is 0 Å². The lowest BCUT2D eigenvalue weighted by Crippen LogP contribution is -2.30. The van der Waals surface area contributed by atoms with Crippen molar-refractivity contribution in [2.75, 3.05) is 31.3 Å². The normalized spacial score (nSPS) is 20.4. The predicted molar refractivity (Wildman–Crippen MR) is 66.7 cm³/mol. The van der Waals surface area contributed by atoms with Gasteiger partial charge >= 0.3 is 0 Å². The van der Waals surface area contributed by atoms with Crippen LogP contribution in [0.3, 0.4) is 0 Å². The number of anilines is 1. The Balaban J connectivity index is 0.00000144. The Kier molecular flexibility index (Phi) is 3.74. The molecule has 1 fully saturated rings. The van der Waals surface area contributed by atoms with Gasteiger partial charge in [-0.2, -0.15) is 0 Å². The largest absolute Gasteiger partial charge is 0.355 e. The Morgan fingerprint density at radius 1 is 1.62 bits per heavy atom. The maximum Gasteiger partial charge on any atom is 0.119 e. The fraction of sp³-hybridized carbons (Fsp3) is 0.583. The number of aryl methyl sites for hydroxylation is 1. The van der Waals surface area contributed by atoms with Crippen LogP contribution in [0.2, 0.25) is 0 Å². The second kappa shape index (κ2) is 5.27. The highest BCUT2D eigenvalue weighted by atomic mass is 16.5. The first-order valence-corrected chi connectivity index (χ1v) is 5.79. The van der Waals surface area contributed by atoms with Gasteiger partial charge in [-0.25, -0.2) is 0 Å². The number of hydrogen-bond acceptors (Lipinski definition) is 4. The molecule has 1 aromatic rings. The maximum atomic E-state index is 5.69. The molecule has 0 aromatic carbocycles. The summed E-state index contributed by atoms with van der Waals surface area (Å²) >= 11 is 0. The van der Waals surface area contributed by atoms with Crippen LogP contribution >= 0.6 is 0 Å². The lowest BCUT2D eigenvalue weighted by molar-refractivity contribution is 0.116. The van der Waals surface area contributed by atoms with Crippen molar-refractivity contribution >= 4 is 5.69 Å². The standard InChI is InChI=1S/C12H19N3O.H2/c1-3-13-7-12-8-15(9-16-12)11-5-4-10(2)14-6-11;/h4-6,12-13H,3,7-9H2,1-2H3;1H. The van der Waals surface area contributed by atoms with Crippen molar-refractivity contribution in [1.29, 1.82) is 0 Å². The van der Waals surface area contributed by atoms with Crippen molar-refractivity contribution in [2.24, 2.45) is 0 Å². The molecule has 16 heavy (non-hydrogen) atoms. The third-order valence-corrected chi connectivity index (χ3v) is 2.77. The minimum absolute atomic E-state index is 0. The summed E-state index contributed by atoms with van der Waals surface area (Å²) in [6, 6.07) is 4.13. The van der Waals surface area contributed by atoms with Gasteiger partial charge in [-0.3, -0.25) is 4.98 Å². The van der Waals surface area contributed by atoms with Crippen molar-refractivity contribution in [1.82, 2.24) is 10.3 Å². The highest BCUT2D eigenvalue weighted by molar-refractivity contribution is 5.44. The monoisotopic (exact) mass is 223 g/mol. The first-order valence-electron chi connectivity index (χ1n) is 5.79. The molecule has 0 saturated carbocycles. The van der Waals surface area contributed by atoms with Gasteiger partial charge in [0.2, 0.25) is 0 Å². The number of rotatable bonds is 4. The Labute approximate surface area is 98.1 Å². The molecule has 0 aliphatic carbocycles. The number of aromatic nitrogens is 1. The van der Waals surface area contributed by atoms with E-state index in [4.69, 9.17) is 4.74 Å². The molecule has 1 aliphatic heterocycles. The minimum Gasteiger partial charge on any atom is -0.355 e. The van der Waals surface area contributed by atoms with Crippen LogP contribution < -0.4 is 10.2 Å². The summed E-state index contributed by atoms with van der Waals surface area (Å²) in [7, 11) is 0. The molecule has 1 unspecified atom stereocenters. The zero-order valence-corrected chi connectivity index (χ0v) is 9.94. The van der Waals surface area contributed by atoms with Crippen LogP contribution in [-0.2, 0) is 4.74 Å². The number of ether oxygens (including phenoxy) is 1. The predicted octanol–water partition coefficient (Wildman–Crippen LogP) is 1.41. The summed E-state index contributed by atoms with van der Waals surface area (Å²) in [5, 5.41) is 3.30. The molecule has 90 valence electrons. The summed E-state index contributed by atoms with van der Waals surface area (Å²) in [6.07, 6.45) is 2.20. The van der Waals surface area contributed by atoms with Gasteiger partial charge < -0.3 is 15.0 Å². The first kappa shape index (κ1) is 11.4. The van der Waals surface area contributed by atoms with Gasteiger partial charge in [-0.05, 0) is 25.6 Å². The van der Waals surface area contributed by atoms with Gasteiger partial charge in [0.15, 0.2) is 0 Å². The van der Waals surface area contributed by atoms with Crippen LogP contribution in [0.4, 0.5) is 5.69 Å². The van der Waals surface area contributed by atoms with Gasteiger partial charge in [0, 0.05) is 20.2 Å². The molecule has 1 saturated heterocycles. The average molecular weight is 223 g/mol. The molecule has 1 N–H and O–H groups in total. The van der Waals surface area contributed by atoms with E-state index in [9.17, 15) is 0 Å². The van der Waals surface area contributed by atoms with Crippen LogP contribution in [0.15, 0.2) is 18.3 Å². The number of pyridine rings is 1. The van der Waals surface area contributed by atoms with E-state index < -0.39 is 0 Å². The maximum absolute atomic E-state index is 5.69. The van der Waals surface area contributed by atoms with Crippen molar-refractivity contribution in [3.05, 3.63) is 24.0 Å². The Morgan fingerprint density at radius 3 is 3.19 bits per heavy atom. The quantitative estimate of drug-likeness (QED) is 0.837. The van der Waals surface area contributed by atoms with Crippen molar-refractivity contribution in [3.8, 4) is 0 Å². The fourth-order valence-corrected chi connectivity index (χ4v) is 1.80. The number of nitrogens with zero attached hydrogens (tertiary/aromatic N) is 2. The lowest BCUT2D eigenvalue weighted by Gasteiger charge is -2.15. The molecule has 0 amide bonds. The third-order valence-electron chi connectivity index (χ3n) is 2.77. The average Bonchev–Trinajstić information content (AvgIpc) is 2.76. The van der Waals surface area contributed by atoms with E-state index in [1.165, 1.54) is 0 Å². The summed E-state index contributed by atoms with van der Waals surface area (Å²) in [4.78, 5) is 6.51. The van der Waals surface area contributed by atoms with E-state index in [1.54, 1.807) is 0 Å². The molecule has 2 heterocycles. The van der Waals surface area contributed by atoms with E-state index in [0.29, 0.717) is 12.8 Å². The highest BCUT2D eigenvalue weighted by Gasteiger charge is 2.22. The van der Waals surface area contributed by atoms with E-state index >= 15 is 0 Å². The lowest BCUT2D eigenvalue weighted by atomic mass is 10.3. The Morgan fingerprint density at radius 2 is 2.50 bits per heavy atom. The number of likely N-dealkylation sites (N-methyl/N-ethyl adjacent to an activating group) is 1. The number of hydrogen-bond donors (Lipinski definition) is 1. The fourth-order valence-electron chi connectivity index (χ4n) is 1.80. The minimum atomic E-state index is 0. The van der Waals surface area contributed by atoms with Crippen molar-refractivity contribution < 1.29 is 6.16 Å². The summed E-state index contributed by atoms with van der Waals surface area (Å²) in [5.74, 6) is 0. The van der Waals surface area contributed by atoms with Crippen LogP contribution in [0.5, 0.6) is 0 Å². The molecule has 4 heteroatoms. The SMILES string of the molecule is CCNCC1CN(c2ccc(C)nc2)CO1.[HH]. The van der Waals surface area contributed by atoms with E-state index in [-0.39, 0.29) is 1.43 Å². The smallest absolute Gasteiger partial charge is 0.119 e. The molecule has 4 nitrogen and oxygen atoms in total. The Bertz CT molecular complexity index is 331. The number of nitrogens with one attached hydrogen (secondary N) is 1. The molecule has 1 atom stereocenters. The van der Waals surface area contributed by atoms with Gasteiger partial charge in [0.25, 0.3) is 0 Å². The molecule has 1 aromatic heterocycles.